The van der Waals surface area contributed by atoms with Gasteiger partial charge in [-0.1, -0.05) is 6.07 Å². The van der Waals surface area contributed by atoms with Gasteiger partial charge in [0, 0.05) is 23.9 Å². The number of aliphatic hydroxyl groups is 1. The Balaban J connectivity index is 1.33. The van der Waals surface area contributed by atoms with Gasteiger partial charge in [-0.05, 0) is 61.1 Å². The molecule has 186 valence electrons. The van der Waals surface area contributed by atoms with Crippen molar-refractivity contribution in [3.8, 4) is 28.5 Å². The van der Waals surface area contributed by atoms with Crippen LogP contribution in [-0.4, -0.2) is 45.9 Å². The first-order valence-corrected chi connectivity index (χ1v) is 12.0. The molecule has 2 aromatic heterocycles. The average molecular weight is 491 g/mol. The van der Waals surface area contributed by atoms with Crippen LogP contribution < -0.4 is 15.2 Å². The topological polar surface area (TPSA) is 104 Å². The number of halogens is 1. The molecule has 3 N–H and O–H groups in total. The molecular weight excluding hydrogens is 463 g/mol. The quantitative estimate of drug-likeness (QED) is 0.408. The Morgan fingerprint density at radius 3 is 2.69 bits per heavy atom. The van der Waals surface area contributed by atoms with E-state index >= 15 is 0 Å². The molecule has 1 aliphatic carbocycles. The number of rotatable bonds is 6. The van der Waals surface area contributed by atoms with Crippen molar-refractivity contribution in [2.45, 2.75) is 31.3 Å². The molecule has 2 fully saturated rings. The summed E-state index contributed by atoms with van der Waals surface area (Å²) in [5.41, 5.74) is 8.63. The van der Waals surface area contributed by atoms with Crippen molar-refractivity contribution in [3.05, 3.63) is 66.5 Å². The number of aliphatic hydroxyl groups excluding tert-OH is 1. The second-order valence-electron chi connectivity index (χ2n) is 9.52. The van der Waals surface area contributed by atoms with Crippen LogP contribution in [0, 0.1) is 11.2 Å². The van der Waals surface area contributed by atoms with Gasteiger partial charge < -0.3 is 25.1 Å². The van der Waals surface area contributed by atoms with E-state index in [0.717, 1.165) is 36.2 Å². The maximum atomic E-state index is 14.5. The Hall–Kier alpha value is -3.69. The fourth-order valence-corrected chi connectivity index (χ4v) is 5.30. The van der Waals surface area contributed by atoms with Gasteiger partial charge in [-0.15, -0.1) is 0 Å². The van der Waals surface area contributed by atoms with E-state index in [1.807, 2.05) is 22.7 Å². The standard InChI is InChI=1S/C27H27FN4O4/c1-34-19-3-2-4-20(22(19)28)36-18-7-5-16(6-8-18)23-24-25(29)30-11-12-32(24)26(31-23)17-13-27(9-10-27)21(14-33)35-15-17/h2-8,11-12,17,21,33H,9-10,13-15H2,1H3,(H2,29,30). The van der Waals surface area contributed by atoms with E-state index in [-0.39, 0.29) is 35.5 Å². The molecule has 1 aliphatic heterocycles. The molecule has 2 unspecified atom stereocenters. The predicted octanol–water partition coefficient (Wildman–Crippen LogP) is 4.56. The summed E-state index contributed by atoms with van der Waals surface area (Å²) in [6, 6.07) is 12.0. The third-order valence-electron chi connectivity index (χ3n) is 7.37. The summed E-state index contributed by atoms with van der Waals surface area (Å²) < 4.78 is 33.3. The minimum atomic E-state index is -0.556. The summed E-state index contributed by atoms with van der Waals surface area (Å²) in [4.78, 5) is 9.31. The summed E-state index contributed by atoms with van der Waals surface area (Å²) in [5.74, 6) is 1.46. The number of nitrogen functional groups attached to an aromatic ring is 1. The fraction of sp³-hybridized carbons (Fsp3) is 0.333. The molecule has 2 atom stereocenters. The fourth-order valence-electron chi connectivity index (χ4n) is 5.30. The Labute approximate surface area is 207 Å². The Morgan fingerprint density at radius 1 is 1.19 bits per heavy atom. The van der Waals surface area contributed by atoms with Crippen LogP contribution in [0.3, 0.4) is 0 Å². The number of fused-ring (bicyclic) bond motifs is 1. The summed E-state index contributed by atoms with van der Waals surface area (Å²) in [7, 11) is 1.41. The Morgan fingerprint density at radius 2 is 1.97 bits per heavy atom. The van der Waals surface area contributed by atoms with Gasteiger partial charge in [0.05, 0.1) is 26.4 Å². The summed E-state index contributed by atoms with van der Waals surface area (Å²) in [6.07, 6.45) is 6.47. The van der Waals surface area contributed by atoms with Gasteiger partial charge in [-0.25, -0.2) is 9.97 Å². The monoisotopic (exact) mass is 490 g/mol. The zero-order chi connectivity index (χ0) is 24.9. The first-order valence-electron chi connectivity index (χ1n) is 12.0. The highest BCUT2D eigenvalue weighted by Crippen LogP contribution is 2.58. The molecule has 8 nitrogen and oxygen atoms in total. The molecule has 9 heteroatoms. The summed E-state index contributed by atoms with van der Waals surface area (Å²) >= 11 is 0. The number of ether oxygens (including phenoxy) is 3. The number of anilines is 1. The number of hydrogen-bond acceptors (Lipinski definition) is 7. The van der Waals surface area contributed by atoms with Gasteiger partial charge in [0.2, 0.25) is 5.82 Å². The lowest BCUT2D eigenvalue weighted by Crippen LogP contribution is -2.38. The lowest BCUT2D eigenvalue weighted by molar-refractivity contribution is -0.0766. The number of methoxy groups -OCH3 is 1. The first-order chi connectivity index (χ1) is 17.5. The third-order valence-corrected chi connectivity index (χ3v) is 7.37. The van der Waals surface area contributed by atoms with Crippen LogP contribution in [-0.2, 0) is 4.74 Å². The highest BCUT2D eigenvalue weighted by Gasteiger charge is 2.54. The van der Waals surface area contributed by atoms with Crippen LogP contribution in [0.2, 0.25) is 0 Å². The average Bonchev–Trinajstić information content (AvgIpc) is 3.54. The minimum absolute atomic E-state index is 0.0383. The van der Waals surface area contributed by atoms with E-state index in [1.165, 1.54) is 13.2 Å². The molecule has 2 aromatic carbocycles. The molecule has 0 bridgehead atoms. The number of nitrogens with two attached hydrogens (primary N) is 1. The second kappa shape index (κ2) is 8.76. The van der Waals surface area contributed by atoms with Gasteiger partial charge in [-0.3, -0.25) is 4.40 Å². The van der Waals surface area contributed by atoms with E-state index in [1.54, 1.807) is 30.5 Å². The highest BCUT2D eigenvalue weighted by atomic mass is 19.1. The molecule has 1 saturated carbocycles. The molecule has 3 heterocycles. The van der Waals surface area contributed by atoms with Crippen LogP contribution in [0.25, 0.3) is 16.8 Å². The van der Waals surface area contributed by atoms with Crippen LogP contribution in [0.15, 0.2) is 54.9 Å². The van der Waals surface area contributed by atoms with Crippen molar-refractivity contribution >= 4 is 11.3 Å². The summed E-state index contributed by atoms with van der Waals surface area (Å²) in [6.45, 7) is 0.540. The van der Waals surface area contributed by atoms with Gasteiger partial charge in [-0.2, -0.15) is 4.39 Å². The van der Waals surface area contributed by atoms with E-state index in [0.29, 0.717) is 23.9 Å². The van der Waals surface area contributed by atoms with E-state index in [4.69, 9.17) is 24.9 Å². The molecule has 36 heavy (non-hydrogen) atoms. The molecule has 2 aliphatic rings. The lowest BCUT2D eigenvalue weighted by Gasteiger charge is -2.35. The number of aromatic nitrogens is 3. The SMILES string of the molecule is COc1cccc(Oc2ccc(-c3nc(C4COC(CO)C5(CC5)C4)n4ccnc(N)c34)cc2)c1F. The number of hydrogen-bond donors (Lipinski definition) is 2. The first kappa shape index (κ1) is 22.8. The molecule has 0 amide bonds. The van der Waals surface area contributed by atoms with E-state index < -0.39 is 5.82 Å². The normalized spacial score (nSPS) is 20.5. The molecule has 1 saturated heterocycles. The van der Waals surface area contributed by atoms with Crippen LogP contribution >= 0.6 is 0 Å². The van der Waals surface area contributed by atoms with Gasteiger partial charge in [0.15, 0.2) is 11.5 Å². The van der Waals surface area contributed by atoms with Crippen LogP contribution in [0.4, 0.5) is 10.2 Å². The van der Waals surface area contributed by atoms with Crippen molar-refractivity contribution < 1.29 is 23.7 Å². The van der Waals surface area contributed by atoms with Crippen molar-refractivity contribution in [1.29, 1.82) is 0 Å². The lowest BCUT2D eigenvalue weighted by atomic mass is 9.84. The van der Waals surface area contributed by atoms with Gasteiger partial charge in [0.1, 0.15) is 28.6 Å². The zero-order valence-corrected chi connectivity index (χ0v) is 19.9. The smallest absolute Gasteiger partial charge is 0.207 e. The van der Waals surface area contributed by atoms with Crippen molar-refractivity contribution in [3.63, 3.8) is 0 Å². The maximum absolute atomic E-state index is 14.5. The van der Waals surface area contributed by atoms with Gasteiger partial charge >= 0.3 is 0 Å². The molecular formula is C27H27FN4O4. The predicted molar refractivity (Wildman–Crippen MR) is 132 cm³/mol. The van der Waals surface area contributed by atoms with Crippen LogP contribution in [0.5, 0.6) is 17.2 Å². The van der Waals surface area contributed by atoms with Crippen molar-refractivity contribution in [2.24, 2.45) is 5.41 Å². The van der Waals surface area contributed by atoms with E-state index in [9.17, 15) is 9.50 Å². The Bertz CT molecular complexity index is 1420. The molecule has 0 radical (unpaired) electrons. The zero-order valence-electron chi connectivity index (χ0n) is 19.9. The summed E-state index contributed by atoms with van der Waals surface area (Å²) in [5, 5.41) is 9.73. The van der Waals surface area contributed by atoms with Crippen molar-refractivity contribution in [2.75, 3.05) is 26.1 Å². The van der Waals surface area contributed by atoms with Gasteiger partial charge in [0.25, 0.3) is 0 Å². The third kappa shape index (κ3) is 3.75. The Kier molecular flexibility index (Phi) is 5.54. The highest BCUT2D eigenvalue weighted by molar-refractivity contribution is 5.85. The largest absolute Gasteiger partial charge is 0.494 e. The van der Waals surface area contributed by atoms with E-state index in [2.05, 4.69) is 4.98 Å². The second-order valence-corrected chi connectivity index (χ2v) is 9.52. The number of nitrogens with zero attached hydrogens (tertiary/aromatic N) is 3. The molecule has 1 spiro atoms. The number of imidazole rings is 1. The van der Waals surface area contributed by atoms with Crippen LogP contribution in [0.1, 0.15) is 31.0 Å². The molecule has 6 rings (SSSR count). The molecule has 4 aromatic rings. The van der Waals surface area contributed by atoms with Crippen molar-refractivity contribution in [1.82, 2.24) is 14.4 Å². The maximum Gasteiger partial charge on any atom is 0.207 e. The number of benzene rings is 2. The minimum Gasteiger partial charge on any atom is -0.494 e.